The van der Waals surface area contributed by atoms with E-state index in [0.717, 1.165) is 17.0 Å². The molecule has 0 spiro atoms. The van der Waals surface area contributed by atoms with E-state index in [0.29, 0.717) is 26.5 Å². The fourth-order valence-electron chi connectivity index (χ4n) is 1.77. The second-order valence-electron chi connectivity index (χ2n) is 4.38. The third-order valence-electron chi connectivity index (χ3n) is 2.90. The Kier molecular flexibility index (Phi) is 5.47. The Morgan fingerprint density at radius 3 is 2.52 bits per heavy atom. The Hall–Kier alpha value is -1.27. The summed E-state index contributed by atoms with van der Waals surface area (Å²) in [7, 11) is 1.89. The summed E-state index contributed by atoms with van der Waals surface area (Å²) >= 11 is 12.9. The molecule has 0 saturated carbocycles. The molecule has 112 valence electrons. The molecule has 1 aromatic carbocycles. The van der Waals surface area contributed by atoms with E-state index >= 15 is 0 Å². The number of benzene rings is 1. The van der Waals surface area contributed by atoms with Gasteiger partial charge in [0.05, 0.1) is 16.5 Å². The van der Waals surface area contributed by atoms with Gasteiger partial charge in [-0.1, -0.05) is 23.2 Å². The van der Waals surface area contributed by atoms with Crippen LogP contribution in [0.3, 0.4) is 0 Å². The van der Waals surface area contributed by atoms with Crippen molar-refractivity contribution in [1.29, 1.82) is 0 Å². The molecule has 0 aliphatic heterocycles. The Morgan fingerprint density at radius 1 is 1.33 bits per heavy atom. The topological polar surface area (TPSA) is 52.6 Å². The molecule has 4 nitrogen and oxygen atoms in total. The molecule has 0 fully saturated rings. The molecule has 2 aromatic rings. The fraction of sp³-hybridized carbons (Fsp3) is 0.214. The third kappa shape index (κ3) is 4.11. The number of likely N-dealkylation sites (N-methyl/N-ethyl adjacent to an activating group) is 1. The van der Waals surface area contributed by atoms with Crippen molar-refractivity contribution in [3.05, 3.63) is 44.6 Å². The molecular weight excluding hydrogens is 331 g/mol. The predicted molar refractivity (Wildman–Crippen MR) is 89.1 cm³/mol. The summed E-state index contributed by atoms with van der Waals surface area (Å²) in [6.07, 6.45) is 0. The lowest BCUT2D eigenvalue weighted by Gasteiger charge is -2.18. The average Bonchev–Trinajstić information content (AvgIpc) is 2.79. The molecule has 2 N–H and O–H groups in total. The highest BCUT2D eigenvalue weighted by Crippen LogP contribution is 2.31. The molecule has 1 amide bonds. The molecule has 0 aliphatic rings. The summed E-state index contributed by atoms with van der Waals surface area (Å²) in [6.45, 7) is 0.640. The first kappa shape index (κ1) is 16.1. The molecule has 1 aromatic heterocycles. The molecule has 0 saturated heterocycles. The third-order valence-corrected chi connectivity index (χ3v) is 4.39. The molecule has 0 radical (unpaired) electrons. The zero-order chi connectivity index (χ0) is 15.4. The monoisotopic (exact) mass is 344 g/mol. The molecule has 0 aliphatic carbocycles. The number of aliphatic hydroxyl groups excluding tert-OH is 1. The maximum atomic E-state index is 12.1. The summed E-state index contributed by atoms with van der Waals surface area (Å²) in [5.41, 5.74) is 1.99. The number of anilines is 2. The minimum Gasteiger partial charge on any atom is -0.395 e. The molecule has 7 heteroatoms. The maximum absolute atomic E-state index is 12.1. The largest absolute Gasteiger partial charge is 0.395 e. The lowest BCUT2D eigenvalue weighted by Crippen LogP contribution is -2.21. The highest BCUT2D eigenvalue weighted by atomic mass is 35.5. The van der Waals surface area contributed by atoms with Crippen LogP contribution in [0.15, 0.2) is 30.3 Å². The van der Waals surface area contributed by atoms with Gasteiger partial charge in [-0.05, 0) is 30.3 Å². The van der Waals surface area contributed by atoms with Gasteiger partial charge in [-0.3, -0.25) is 4.79 Å². The smallest absolute Gasteiger partial charge is 0.258 e. The SMILES string of the molecule is CN(CCO)c1ccc(NC(=O)c2cc(Cl)sc2Cl)cc1. The van der Waals surface area contributed by atoms with Gasteiger partial charge in [-0.2, -0.15) is 0 Å². The van der Waals surface area contributed by atoms with E-state index < -0.39 is 0 Å². The van der Waals surface area contributed by atoms with Crippen molar-refractivity contribution in [3.8, 4) is 0 Å². The molecule has 0 atom stereocenters. The second kappa shape index (κ2) is 7.13. The molecule has 1 heterocycles. The quantitative estimate of drug-likeness (QED) is 0.868. The molecule has 0 bridgehead atoms. The van der Waals surface area contributed by atoms with Gasteiger partial charge in [0.25, 0.3) is 5.91 Å². The summed E-state index contributed by atoms with van der Waals surface area (Å²) in [6, 6.07) is 8.88. The number of hydrogen-bond donors (Lipinski definition) is 2. The van der Waals surface area contributed by atoms with Crippen LogP contribution in [-0.2, 0) is 0 Å². The number of thiophene rings is 1. The summed E-state index contributed by atoms with van der Waals surface area (Å²) < 4.78 is 0.850. The highest BCUT2D eigenvalue weighted by molar-refractivity contribution is 7.20. The van der Waals surface area contributed by atoms with Gasteiger partial charge >= 0.3 is 0 Å². The van der Waals surface area contributed by atoms with Gasteiger partial charge in [0.2, 0.25) is 0 Å². The van der Waals surface area contributed by atoms with Gasteiger partial charge in [0.15, 0.2) is 0 Å². The van der Waals surface area contributed by atoms with E-state index in [9.17, 15) is 4.79 Å². The zero-order valence-electron chi connectivity index (χ0n) is 11.3. The minimum absolute atomic E-state index is 0.0897. The van der Waals surface area contributed by atoms with Gasteiger partial charge in [-0.25, -0.2) is 0 Å². The minimum atomic E-state index is -0.292. The van der Waals surface area contributed by atoms with Crippen molar-refractivity contribution in [2.45, 2.75) is 0 Å². The highest BCUT2D eigenvalue weighted by Gasteiger charge is 2.14. The number of nitrogens with one attached hydrogen (secondary N) is 1. The average molecular weight is 345 g/mol. The lowest BCUT2D eigenvalue weighted by atomic mass is 10.2. The molecular formula is C14H14Cl2N2O2S. The van der Waals surface area contributed by atoms with Crippen LogP contribution in [0.2, 0.25) is 8.67 Å². The van der Waals surface area contributed by atoms with Crippen LogP contribution >= 0.6 is 34.5 Å². The zero-order valence-corrected chi connectivity index (χ0v) is 13.6. The van der Waals surface area contributed by atoms with E-state index in [1.807, 2.05) is 24.1 Å². The molecule has 21 heavy (non-hydrogen) atoms. The number of aliphatic hydroxyl groups is 1. The fourth-order valence-corrected chi connectivity index (χ4v) is 3.23. The van der Waals surface area contributed by atoms with Crippen LogP contribution in [0, 0.1) is 0 Å². The molecule has 2 rings (SSSR count). The Bertz CT molecular complexity index is 628. The normalized spacial score (nSPS) is 10.5. The van der Waals surface area contributed by atoms with Crippen molar-refractivity contribution in [2.75, 3.05) is 30.4 Å². The first-order valence-electron chi connectivity index (χ1n) is 6.19. The summed E-state index contributed by atoms with van der Waals surface area (Å²) in [5.74, 6) is -0.292. The Morgan fingerprint density at radius 2 is 2.00 bits per heavy atom. The first-order chi connectivity index (χ1) is 10.0. The van der Waals surface area contributed by atoms with E-state index in [1.54, 1.807) is 18.2 Å². The predicted octanol–water partition coefficient (Wildman–Crippen LogP) is 3.74. The van der Waals surface area contributed by atoms with Crippen molar-refractivity contribution < 1.29 is 9.90 Å². The standard InChI is InChI=1S/C14H14Cl2N2O2S/c1-18(6-7-19)10-4-2-9(3-5-10)17-14(20)11-8-12(15)21-13(11)16/h2-5,8,19H,6-7H2,1H3,(H,17,20). The van der Waals surface area contributed by atoms with E-state index in [4.69, 9.17) is 28.3 Å². The number of amides is 1. The van der Waals surface area contributed by atoms with Crippen LogP contribution < -0.4 is 10.2 Å². The number of rotatable bonds is 5. The van der Waals surface area contributed by atoms with Crippen LogP contribution in [0.4, 0.5) is 11.4 Å². The number of carbonyl (C=O) groups is 1. The second-order valence-corrected chi connectivity index (χ2v) is 6.67. The maximum Gasteiger partial charge on any atom is 0.258 e. The van der Waals surface area contributed by atoms with Crippen molar-refractivity contribution >= 4 is 51.8 Å². The number of nitrogens with zero attached hydrogens (tertiary/aromatic N) is 1. The van der Waals surface area contributed by atoms with Crippen LogP contribution in [-0.4, -0.2) is 31.2 Å². The Labute approximate surface area is 136 Å². The number of hydrogen-bond acceptors (Lipinski definition) is 4. The van der Waals surface area contributed by atoms with E-state index in [-0.39, 0.29) is 12.5 Å². The summed E-state index contributed by atoms with van der Waals surface area (Å²) in [4.78, 5) is 14.0. The van der Waals surface area contributed by atoms with Crippen LogP contribution in [0.1, 0.15) is 10.4 Å². The van der Waals surface area contributed by atoms with Gasteiger partial charge in [-0.15, -0.1) is 11.3 Å². The van der Waals surface area contributed by atoms with Gasteiger partial charge < -0.3 is 15.3 Å². The van der Waals surface area contributed by atoms with Crippen molar-refractivity contribution in [3.63, 3.8) is 0 Å². The number of carbonyl (C=O) groups excluding carboxylic acids is 1. The van der Waals surface area contributed by atoms with Crippen molar-refractivity contribution in [1.82, 2.24) is 0 Å². The summed E-state index contributed by atoms with van der Waals surface area (Å²) in [5, 5.41) is 11.7. The molecule has 0 unspecified atom stereocenters. The van der Waals surface area contributed by atoms with E-state index in [2.05, 4.69) is 5.32 Å². The first-order valence-corrected chi connectivity index (χ1v) is 7.76. The van der Waals surface area contributed by atoms with Crippen LogP contribution in [0.5, 0.6) is 0 Å². The van der Waals surface area contributed by atoms with Crippen LogP contribution in [0.25, 0.3) is 0 Å². The Balaban J connectivity index is 2.06. The van der Waals surface area contributed by atoms with E-state index in [1.165, 1.54) is 0 Å². The van der Waals surface area contributed by atoms with Crippen molar-refractivity contribution in [2.24, 2.45) is 0 Å². The van der Waals surface area contributed by atoms with Gasteiger partial charge in [0.1, 0.15) is 4.34 Å². The lowest BCUT2D eigenvalue weighted by molar-refractivity contribution is 0.102. The van der Waals surface area contributed by atoms with Gasteiger partial charge in [0, 0.05) is 25.0 Å². The number of halogens is 2.